The Morgan fingerprint density at radius 2 is 1.78 bits per heavy atom. The van der Waals surface area contributed by atoms with Crippen LogP contribution in [-0.4, -0.2) is 44.3 Å². The van der Waals surface area contributed by atoms with E-state index >= 15 is 0 Å². The predicted molar refractivity (Wildman–Crippen MR) is 130 cm³/mol. The van der Waals surface area contributed by atoms with Crippen LogP contribution in [0.25, 0.3) is 0 Å². The molecule has 1 aromatic heterocycles. The summed E-state index contributed by atoms with van der Waals surface area (Å²) in [6.07, 6.45) is 5.97. The van der Waals surface area contributed by atoms with Crippen molar-refractivity contribution in [2.24, 2.45) is 5.92 Å². The summed E-state index contributed by atoms with van der Waals surface area (Å²) >= 11 is 0. The summed E-state index contributed by atoms with van der Waals surface area (Å²) in [4.78, 5) is 7.25. The minimum atomic E-state index is -3.21. The Morgan fingerprint density at radius 3 is 2.41 bits per heavy atom. The van der Waals surface area contributed by atoms with Crippen LogP contribution in [-0.2, 0) is 16.6 Å². The van der Waals surface area contributed by atoms with Crippen LogP contribution in [0, 0.1) is 5.92 Å². The number of aromatic nitrogens is 1. The third kappa shape index (κ3) is 7.44. The fraction of sp³-hybridized carbons (Fsp3) is 0.542. The molecule has 0 spiro atoms. The average molecular weight is 480 g/mol. The number of rotatable bonds is 9. The lowest BCUT2D eigenvalue weighted by Gasteiger charge is -2.31. The summed E-state index contributed by atoms with van der Waals surface area (Å²) in [5.74, 6) is 2.00. The molecule has 0 bridgehead atoms. The molecule has 1 aliphatic heterocycles. The summed E-state index contributed by atoms with van der Waals surface area (Å²) in [6.45, 7) is 5.68. The topological polar surface area (TPSA) is 71.5 Å². The molecule has 0 unspecified atom stereocenters. The van der Waals surface area contributed by atoms with E-state index in [-0.39, 0.29) is 18.4 Å². The SMILES string of the molecule is C[C@@H](NS(C)(=O)=O)c1ccc(CN2CCC(c3cccc(OCC4CC4)n3)CC2)cc1.Cl. The van der Waals surface area contributed by atoms with Crippen molar-refractivity contribution >= 4 is 22.4 Å². The molecule has 0 amide bonds. The molecule has 8 heteroatoms. The van der Waals surface area contributed by atoms with Crippen LogP contribution in [0.15, 0.2) is 42.5 Å². The van der Waals surface area contributed by atoms with E-state index in [4.69, 9.17) is 9.72 Å². The molecular formula is C24H34ClN3O3S. The molecule has 1 saturated heterocycles. The van der Waals surface area contributed by atoms with Crippen molar-refractivity contribution in [2.45, 2.75) is 51.1 Å². The van der Waals surface area contributed by atoms with Crippen molar-refractivity contribution in [3.63, 3.8) is 0 Å². The number of sulfonamides is 1. The van der Waals surface area contributed by atoms with E-state index in [0.29, 0.717) is 5.92 Å². The molecule has 1 atom stereocenters. The van der Waals surface area contributed by atoms with Crippen molar-refractivity contribution in [1.82, 2.24) is 14.6 Å². The second-order valence-corrected chi connectivity index (χ2v) is 10.8. The third-order valence-corrected chi connectivity index (χ3v) is 6.97. The maximum atomic E-state index is 11.4. The first-order valence-electron chi connectivity index (χ1n) is 11.2. The number of benzene rings is 1. The van der Waals surface area contributed by atoms with Gasteiger partial charge in [0, 0.05) is 30.3 Å². The molecule has 2 fully saturated rings. The minimum absolute atomic E-state index is 0. The Balaban J connectivity index is 0.00000289. The van der Waals surface area contributed by atoms with Gasteiger partial charge in [0.2, 0.25) is 15.9 Å². The molecule has 1 aromatic carbocycles. The van der Waals surface area contributed by atoms with Gasteiger partial charge in [-0.3, -0.25) is 4.90 Å². The van der Waals surface area contributed by atoms with Gasteiger partial charge < -0.3 is 4.74 Å². The maximum Gasteiger partial charge on any atom is 0.213 e. The third-order valence-electron chi connectivity index (χ3n) is 6.19. The smallest absolute Gasteiger partial charge is 0.213 e. The maximum absolute atomic E-state index is 11.4. The molecule has 4 rings (SSSR count). The van der Waals surface area contributed by atoms with Gasteiger partial charge in [0.15, 0.2) is 0 Å². The number of nitrogens with one attached hydrogen (secondary N) is 1. The van der Waals surface area contributed by atoms with Crippen LogP contribution >= 0.6 is 12.4 Å². The number of likely N-dealkylation sites (tertiary alicyclic amines) is 1. The van der Waals surface area contributed by atoms with E-state index in [0.717, 1.165) is 62.1 Å². The molecule has 32 heavy (non-hydrogen) atoms. The second-order valence-electron chi connectivity index (χ2n) is 9.06. The highest BCUT2D eigenvalue weighted by atomic mass is 35.5. The Labute approximate surface area is 198 Å². The van der Waals surface area contributed by atoms with Gasteiger partial charge in [-0.25, -0.2) is 18.1 Å². The Kier molecular flexibility index (Phi) is 8.55. The standard InChI is InChI=1S/C24H33N3O3S.ClH/c1-18(26-31(2,28)29)21-10-8-19(9-11-21)16-27-14-12-22(13-15-27)23-4-3-5-24(25-23)30-17-20-6-7-20;/h3-5,8-11,18,20,22,26H,6-7,12-17H2,1-2H3;1H/t18-;/m1./s1. The highest BCUT2D eigenvalue weighted by Crippen LogP contribution is 2.31. The molecule has 2 heterocycles. The lowest BCUT2D eigenvalue weighted by molar-refractivity contribution is 0.202. The number of hydrogen-bond donors (Lipinski definition) is 1. The van der Waals surface area contributed by atoms with Gasteiger partial charge in [-0.1, -0.05) is 30.3 Å². The first kappa shape index (κ1) is 25.0. The van der Waals surface area contributed by atoms with Gasteiger partial charge in [-0.2, -0.15) is 0 Å². The zero-order valence-electron chi connectivity index (χ0n) is 18.9. The normalized spacial score (nSPS) is 18.7. The average Bonchev–Trinajstić information content (AvgIpc) is 3.57. The number of ether oxygens (including phenoxy) is 1. The molecule has 0 radical (unpaired) electrons. The minimum Gasteiger partial charge on any atom is -0.477 e. The Hall–Kier alpha value is -1.67. The Bertz CT molecular complexity index is 972. The van der Waals surface area contributed by atoms with Crippen LogP contribution in [0.5, 0.6) is 5.88 Å². The van der Waals surface area contributed by atoms with Gasteiger partial charge in [-0.05, 0) is 68.8 Å². The van der Waals surface area contributed by atoms with E-state index < -0.39 is 10.0 Å². The van der Waals surface area contributed by atoms with Gasteiger partial charge in [0.25, 0.3) is 0 Å². The van der Waals surface area contributed by atoms with Gasteiger partial charge in [-0.15, -0.1) is 12.4 Å². The molecule has 176 valence electrons. The molecule has 1 saturated carbocycles. The van der Waals surface area contributed by atoms with Crippen LogP contribution in [0.1, 0.15) is 61.4 Å². The lowest BCUT2D eigenvalue weighted by atomic mass is 9.92. The van der Waals surface area contributed by atoms with Crippen molar-refractivity contribution < 1.29 is 13.2 Å². The molecule has 2 aromatic rings. The van der Waals surface area contributed by atoms with Crippen molar-refractivity contribution in [3.05, 3.63) is 59.3 Å². The zero-order chi connectivity index (χ0) is 21.8. The van der Waals surface area contributed by atoms with E-state index in [9.17, 15) is 8.42 Å². The monoisotopic (exact) mass is 479 g/mol. The first-order chi connectivity index (χ1) is 14.9. The summed E-state index contributed by atoms with van der Waals surface area (Å²) in [7, 11) is -3.21. The second kappa shape index (κ2) is 11.0. The molecular weight excluding hydrogens is 446 g/mol. The number of hydrogen-bond acceptors (Lipinski definition) is 5. The van der Waals surface area contributed by atoms with Crippen molar-refractivity contribution in [3.8, 4) is 5.88 Å². The Morgan fingerprint density at radius 1 is 1.09 bits per heavy atom. The van der Waals surface area contributed by atoms with E-state index in [1.807, 2.05) is 25.1 Å². The molecule has 1 N–H and O–H groups in total. The number of piperidine rings is 1. The molecule has 2 aliphatic rings. The van der Waals surface area contributed by atoms with E-state index in [2.05, 4.69) is 33.9 Å². The largest absolute Gasteiger partial charge is 0.477 e. The lowest BCUT2D eigenvalue weighted by Crippen LogP contribution is -2.32. The highest BCUT2D eigenvalue weighted by molar-refractivity contribution is 7.88. The van der Waals surface area contributed by atoms with Crippen molar-refractivity contribution in [2.75, 3.05) is 26.0 Å². The predicted octanol–water partition coefficient (Wildman–Crippen LogP) is 4.28. The summed E-state index contributed by atoms with van der Waals surface area (Å²) in [6, 6.07) is 14.2. The van der Waals surface area contributed by atoms with Gasteiger partial charge in [0.1, 0.15) is 0 Å². The van der Waals surface area contributed by atoms with Crippen LogP contribution in [0.2, 0.25) is 0 Å². The van der Waals surface area contributed by atoms with Crippen LogP contribution < -0.4 is 9.46 Å². The zero-order valence-corrected chi connectivity index (χ0v) is 20.5. The van der Waals surface area contributed by atoms with E-state index in [1.165, 1.54) is 24.7 Å². The summed E-state index contributed by atoms with van der Waals surface area (Å²) < 4.78 is 31.3. The fourth-order valence-corrected chi connectivity index (χ4v) is 4.95. The van der Waals surface area contributed by atoms with Crippen LogP contribution in [0.4, 0.5) is 0 Å². The van der Waals surface area contributed by atoms with Crippen LogP contribution in [0.3, 0.4) is 0 Å². The van der Waals surface area contributed by atoms with Gasteiger partial charge >= 0.3 is 0 Å². The fourth-order valence-electron chi connectivity index (χ4n) is 4.17. The molecule has 1 aliphatic carbocycles. The number of nitrogens with zero attached hydrogens (tertiary/aromatic N) is 2. The number of pyridine rings is 1. The van der Waals surface area contributed by atoms with Gasteiger partial charge in [0.05, 0.1) is 12.9 Å². The summed E-state index contributed by atoms with van der Waals surface area (Å²) in [5, 5.41) is 0. The quantitative estimate of drug-likeness (QED) is 0.581. The summed E-state index contributed by atoms with van der Waals surface area (Å²) in [5.41, 5.74) is 3.38. The number of halogens is 1. The first-order valence-corrected chi connectivity index (χ1v) is 13.1. The van der Waals surface area contributed by atoms with Crippen molar-refractivity contribution in [1.29, 1.82) is 0 Å². The molecule has 6 nitrogen and oxygen atoms in total. The highest BCUT2D eigenvalue weighted by Gasteiger charge is 2.24. The van der Waals surface area contributed by atoms with E-state index in [1.54, 1.807) is 0 Å².